The monoisotopic (exact) mass is 595 g/mol. The molecule has 2 atom stereocenters. The number of allylic oxidation sites excluding steroid dienone is 1. The molecule has 0 saturated carbocycles. The van der Waals surface area contributed by atoms with Gasteiger partial charge in [0.2, 0.25) is 5.91 Å². The van der Waals surface area contributed by atoms with Crippen molar-refractivity contribution < 1.29 is 27.5 Å². The normalized spacial score (nSPS) is 19.2. The van der Waals surface area contributed by atoms with Gasteiger partial charge in [0, 0.05) is 52.6 Å². The molecule has 40 heavy (non-hydrogen) atoms. The predicted octanol–water partition coefficient (Wildman–Crippen LogP) is 3.97. The summed E-state index contributed by atoms with van der Waals surface area (Å²) in [5, 5.41) is 18.7. The van der Waals surface area contributed by atoms with Gasteiger partial charge in [0.1, 0.15) is 11.9 Å². The smallest absolute Gasteiger partial charge is 0.406 e. The number of thiazole rings is 1. The van der Waals surface area contributed by atoms with Crippen molar-refractivity contribution >= 4 is 46.5 Å². The summed E-state index contributed by atoms with van der Waals surface area (Å²) in [4.78, 5) is 35.2. The molecule has 2 aliphatic rings. The third kappa shape index (κ3) is 6.80. The summed E-state index contributed by atoms with van der Waals surface area (Å²) in [6, 6.07) is 2.42. The van der Waals surface area contributed by atoms with Crippen LogP contribution in [0, 0.1) is 11.2 Å². The molecular formula is C25H25ClF3N7O3S. The lowest BCUT2D eigenvalue weighted by atomic mass is 9.91. The number of amides is 2. The standard InChI is InChI=1S/C25H25ClF3N7O3S/c1-39-25(38)33-11-14-3-5-19(37)36(14)12-18-20(17(30)6-7-32-24(28)29)21(15-4-2-13(27)10-16(15)26)35-22(34-18)23-31-8-9-40-23/h2,4,6-10,14,21,24,30,32H,3,5,11-12H2,1H3,(H,33,38)(H,34,35)/b7-6-,30-17?/t14-,21+/m1/s1. The number of hydrogen-bond acceptors (Lipinski definition) is 9. The molecule has 1 fully saturated rings. The van der Waals surface area contributed by atoms with Crippen LogP contribution in [-0.2, 0) is 9.53 Å². The molecule has 212 valence electrons. The molecule has 2 amide bonds. The molecule has 0 bridgehead atoms. The van der Waals surface area contributed by atoms with Crippen LogP contribution < -0.4 is 16.0 Å². The number of nitrogens with zero attached hydrogens (tertiary/aromatic N) is 3. The first-order valence-electron chi connectivity index (χ1n) is 12.0. The number of aromatic nitrogens is 1. The largest absolute Gasteiger partial charge is 0.453 e. The van der Waals surface area contributed by atoms with Crippen molar-refractivity contribution in [1.82, 2.24) is 25.8 Å². The van der Waals surface area contributed by atoms with Crippen LogP contribution in [0.4, 0.5) is 18.0 Å². The Bertz CT molecular complexity index is 1370. The Morgan fingerprint density at radius 1 is 1.43 bits per heavy atom. The minimum absolute atomic E-state index is 0.0279. The molecule has 1 aromatic heterocycles. The van der Waals surface area contributed by atoms with Gasteiger partial charge in [-0.25, -0.2) is 14.2 Å². The first-order chi connectivity index (χ1) is 19.2. The van der Waals surface area contributed by atoms with Gasteiger partial charge in [0.15, 0.2) is 10.8 Å². The van der Waals surface area contributed by atoms with Crippen molar-refractivity contribution in [2.45, 2.75) is 31.5 Å². The van der Waals surface area contributed by atoms with Crippen molar-refractivity contribution in [3.05, 3.63) is 74.7 Å². The molecule has 1 saturated heterocycles. The Balaban J connectivity index is 1.80. The minimum atomic E-state index is -2.84. The lowest BCUT2D eigenvalue weighted by Gasteiger charge is -2.32. The van der Waals surface area contributed by atoms with Crippen LogP contribution in [-0.4, -0.2) is 66.2 Å². The third-order valence-electron chi connectivity index (χ3n) is 6.23. The molecule has 10 nitrogen and oxygen atoms in total. The molecule has 4 N–H and O–H groups in total. The van der Waals surface area contributed by atoms with Crippen molar-refractivity contribution in [3.63, 3.8) is 0 Å². The number of ether oxygens (including phenoxy) is 1. The molecule has 0 spiro atoms. The molecular weight excluding hydrogens is 571 g/mol. The van der Waals surface area contributed by atoms with Crippen LogP contribution in [0.1, 0.15) is 29.5 Å². The van der Waals surface area contributed by atoms with Gasteiger partial charge in [-0.05, 0) is 24.6 Å². The summed E-state index contributed by atoms with van der Waals surface area (Å²) in [7, 11) is 1.23. The first-order valence-corrected chi connectivity index (χ1v) is 13.3. The van der Waals surface area contributed by atoms with Crippen LogP contribution in [0.3, 0.4) is 0 Å². The van der Waals surface area contributed by atoms with Gasteiger partial charge in [0.05, 0.1) is 25.4 Å². The van der Waals surface area contributed by atoms with Crippen molar-refractivity contribution in [3.8, 4) is 0 Å². The quantitative estimate of drug-likeness (QED) is 0.243. The van der Waals surface area contributed by atoms with E-state index in [4.69, 9.17) is 22.0 Å². The summed E-state index contributed by atoms with van der Waals surface area (Å²) in [5.74, 6) is -0.420. The molecule has 0 unspecified atom stereocenters. The Hall–Kier alpha value is -3.91. The maximum absolute atomic E-state index is 13.9. The fourth-order valence-electron chi connectivity index (χ4n) is 4.39. The molecule has 2 aliphatic heterocycles. The van der Waals surface area contributed by atoms with Crippen LogP contribution >= 0.6 is 22.9 Å². The van der Waals surface area contributed by atoms with Gasteiger partial charge in [-0.3, -0.25) is 9.79 Å². The Kier molecular flexibility index (Phi) is 9.42. The molecule has 4 rings (SSSR count). The van der Waals surface area contributed by atoms with Crippen molar-refractivity contribution in [2.75, 3.05) is 20.2 Å². The first kappa shape index (κ1) is 29.1. The van der Waals surface area contributed by atoms with Crippen molar-refractivity contribution in [1.29, 1.82) is 5.41 Å². The summed E-state index contributed by atoms with van der Waals surface area (Å²) in [5.41, 5.74) is 0.776. The minimum Gasteiger partial charge on any atom is -0.453 e. The number of hydrogen-bond donors (Lipinski definition) is 4. The number of carbonyl (C=O) groups excluding carboxylic acids is 2. The van der Waals surface area contributed by atoms with Crippen LogP contribution in [0.5, 0.6) is 0 Å². The van der Waals surface area contributed by atoms with E-state index in [0.29, 0.717) is 28.5 Å². The molecule has 0 aliphatic carbocycles. The highest BCUT2D eigenvalue weighted by Gasteiger charge is 2.36. The molecule has 15 heteroatoms. The summed E-state index contributed by atoms with van der Waals surface area (Å²) < 4.78 is 44.0. The van der Waals surface area contributed by atoms with Gasteiger partial charge >= 0.3 is 12.6 Å². The fraction of sp³-hybridized carbons (Fsp3) is 0.320. The van der Waals surface area contributed by atoms with Gasteiger partial charge in [-0.15, -0.1) is 11.3 Å². The zero-order valence-electron chi connectivity index (χ0n) is 21.1. The highest BCUT2D eigenvalue weighted by molar-refractivity contribution is 7.11. The van der Waals surface area contributed by atoms with Gasteiger partial charge in [0.25, 0.3) is 0 Å². The fourth-order valence-corrected chi connectivity index (χ4v) is 5.25. The second-order valence-corrected chi connectivity index (χ2v) is 10.0. The molecule has 0 radical (unpaired) electrons. The topological polar surface area (TPSA) is 132 Å². The van der Waals surface area contributed by atoms with Crippen LogP contribution in [0.15, 0.2) is 58.3 Å². The third-order valence-corrected chi connectivity index (χ3v) is 7.34. The zero-order chi connectivity index (χ0) is 28.8. The van der Waals surface area contributed by atoms with E-state index >= 15 is 0 Å². The lowest BCUT2D eigenvalue weighted by Crippen LogP contribution is -2.46. The highest BCUT2D eigenvalue weighted by Crippen LogP contribution is 2.37. The van der Waals surface area contributed by atoms with E-state index in [1.165, 1.54) is 30.6 Å². The zero-order valence-corrected chi connectivity index (χ0v) is 22.7. The molecule has 2 aromatic rings. The number of halogens is 4. The number of aliphatic imine (C=N–C) groups is 1. The molecule has 3 heterocycles. The predicted molar refractivity (Wildman–Crippen MR) is 144 cm³/mol. The number of amidine groups is 1. The van der Waals surface area contributed by atoms with E-state index in [2.05, 4.69) is 20.4 Å². The van der Waals surface area contributed by atoms with E-state index < -0.39 is 24.5 Å². The lowest BCUT2D eigenvalue weighted by molar-refractivity contribution is -0.128. The number of benzene rings is 1. The van der Waals surface area contributed by atoms with E-state index in [9.17, 15) is 22.8 Å². The Morgan fingerprint density at radius 2 is 2.23 bits per heavy atom. The van der Waals surface area contributed by atoms with E-state index in [-0.39, 0.29) is 47.8 Å². The Labute approximate surface area is 236 Å². The van der Waals surface area contributed by atoms with E-state index in [0.717, 1.165) is 18.3 Å². The average molecular weight is 596 g/mol. The highest BCUT2D eigenvalue weighted by atomic mass is 35.5. The number of rotatable bonds is 10. The number of nitrogens with one attached hydrogen (secondary N) is 4. The number of likely N-dealkylation sites (tertiary alicyclic amines) is 1. The number of alkyl carbamates (subject to hydrolysis) is 1. The second kappa shape index (κ2) is 13.0. The van der Waals surface area contributed by atoms with E-state index in [1.807, 2.05) is 5.32 Å². The van der Waals surface area contributed by atoms with Crippen molar-refractivity contribution in [2.24, 2.45) is 4.99 Å². The average Bonchev–Trinajstić information content (AvgIpc) is 3.57. The SMILES string of the molecule is COC(=O)NC[C@H]1CCC(=O)N1CC1=C(C(=N)/C=C\NC(F)F)[C@H](c2ccc(F)cc2Cl)N=C(c2nccs2)N1. The van der Waals surface area contributed by atoms with Gasteiger partial charge in [-0.1, -0.05) is 17.7 Å². The maximum atomic E-state index is 13.9. The number of carbonyl (C=O) groups is 2. The van der Waals surface area contributed by atoms with E-state index in [1.54, 1.807) is 16.5 Å². The summed E-state index contributed by atoms with van der Waals surface area (Å²) >= 11 is 7.72. The summed E-state index contributed by atoms with van der Waals surface area (Å²) in [6.45, 7) is -2.74. The molecule has 1 aromatic carbocycles. The Morgan fingerprint density at radius 3 is 2.90 bits per heavy atom. The van der Waals surface area contributed by atoms with Gasteiger partial charge < -0.3 is 31.0 Å². The number of methoxy groups -OCH3 is 1. The summed E-state index contributed by atoms with van der Waals surface area (Å²) in [6.07, 6.45) is 3.74. The number of alkyl halides is 2. The van der Waals surface area contributed by atoms with Crippen LogP contribution in [0.2, 0.25) is 5.02 Å². The van der Waals surface area contributed by atoms with Gasteiger partial charge in [-0.2, -0.15) is 8.78 Å². The second-order valence-electron chi connectivity index (χ2n) is 8.70. The maximum Gasteiger partial charge on any atom is 0.406 e. The van der Waals surface area contributed by atoms with Crippen LogP contribution in [0.25, 0.3) is 0 Å².